The highest BCUT2D eigenvalue weighted by Gasteiger charge is 2.17. The van der Waals surface area contributed by atoms with Crippen LogP contribution in [0.5, 0.6) is 0 Å². The molecule has 0 saturated heterocycles. The summed E-state index contributed by atoms with van der Waals surface area (Å²) in [6, 6.07) is 3.55. The largest absolute Gasteiger partial charge is 0.461 e. The number of ether oxygens (including phenoxy) is 1. The van der Waals surface area contributed by atoms with Gasteiger partial charge in [-0.25, -0.2) is 4.79 Å². The quantitative estimate of drug-likeness (QED) is 0.612. The second-order valence-corrected chi connectivity index (χ2v) is 3.63. The second kappa shape index (κ2) is 6.45. The maximum Gasteiger partial charge on any atom is 0.355 e. The molecule has 0 fully saturated rings. The van der Waals surface area contributed by atoms with Gasteiger partial charge in [0, 0.05) is 6.20 Å². The summed E-state index contributed by atoms with van der Waals surface area (Å²) < 4.78 is 6.44. The van der Waals surface area contributed by atoms with Gasteiger partial charge in [-0.15, -0.1) is 0 Å². The average molecular weight is 249 g/mol. The molecule has 1 aromatic rings. The minimum atomic E-state index is -0.451. The van der Waals surface area contributed by atoms with Crippen LogP contribution in [0.1, 0.15) is 23.0 Å². The zero-order chi connectivity index (χ0) is 13.5. The fraction of sp³-hybridized carbons (Fsp3) is 0.417. The van der Waals surface area contributed by atoms with Gasteiger partial charge in [0.25, 0.3) is 0 Å². The molecule has 0 aliphatic heterocycles. The van der Waals surface area contributed by atoms with Crippen molar-refractivity contribution in [3.8, 4) is 6.07 Å². The van der Waals surface area contributed by atoms with Crippen LogP contribution in [0.3, 0.4) is 0 Å². The highest BCUT2D eigenvalue weighted by atomic mass is 16.5. The fourth-order valence-electron chi connectivity index (χ4n) is 1.54. The monoisotopic (exact) mass is 249 g/mol. The van der Waals surface area contributed by atoms with Crippen molar-refractivity contribution in [1.82, 2.24) is 9.88 Å². The molecular weight excluding hydrogens is 234 g/mol. The summed E-state index contributed by atoms with van der Waals surface area (Å²) >= 11 is 0. The van der Waals surface area contributed by atoms with Crippen LogP contribution in [0.25, 0.3) is 0 Å². The molecular formula is C12H15N3O3. The Bertz CT molecular complexity index is 485. The summed E-state index contributed by atoms with van der Waals surface area (Å²) in [5, 5.41) is 10.8. The lowest BCUT2D eigenvalue weighted by atomic mass is 10.3. The van der Waals surface area contributed by atoms with Crippen LogP contribution in [-0.4, -0.2) is 29.6 Å². The van der Waals surface area contributed by atoms with Crippen molar-refractivity contribution in [3.05, 3.63) is 23.5 Å². The van der Waals surface area contributed by atoms with Crippen LogP contribution in [0.15, 0.2) is 12.3 Å². The molecule has 6 heteroatoms. The van der Waals surface area contributed by atoms with Crippen LogP contribution < -0.4 is 5.32 Å². The smallest absolute Gasteiger partial charge is 0.355 e. The molecule has 0 aromatic carbocycles. The van der Waals surface area contributed by atoms with E-state index < -0.39 is 5.97 Å². The van der Waals surface area contributed by atoms with E-state index in [1.807, 2.05) is 6.07 Å². The van der Waals surface area contributed by atoms with Gasteiger partial charge in [-0.05, 0) is 25.5 Å². The van der Waals surface area contributed by atoms with Crippen LogP contribution in [-0.2, 0) is 16.1 Å². The Balaban J connectivity index is 2.81. The van der Waals surface area contributed by atoms with Crippen molar-refractivity contribution in [2.45, 2.75) is 20.4 Å². The van der Waals surface area contributed by atoms with Crippen LogP contribution in [0.2, 0.25) is 0 Å². The number of hydrogen-bond donors (Lipinski definition) is 1. The lowest BCUT2D eigenvalue weighted by Gasteiger charge is -2.09. The molecule has 0 saturated carbocycles. The Hall–Kier alpha value is -2.29. The van der Waals surface area contributed by atoms with Gasteiger partial charge in [0.05, 0.1) is 12.7 Å². The van der Waals surface area contributed by atoms with Gasteiger partial charge in [0.2, 0.25) is 5.91 Å². The molecule has 6 nitrogen and oxygen atoms in total. The van der Waals surface area contributed by atoms with Gasteiger partial charge in [-0.2, -0.15) is 5.26 Å². The predicted octanol–water partition coefficient (Wildman–Crippen LogP) is 0.613. The Kier molecular flexibility index (Phi) is 4.93. The van der Waals surface area contributed by atoms with E-state index in [0.29, 0.717) is 5.69 Å². The minimum Gasteiger partial charge on any atom is -0.461 e. The number of nitriles is 1. The molecule has 0 bridgehead atoms. The molecule has 1 heterocycles. The highest BCUT2D eigenvalue weighted by molar-refractivity contribution is 5.90. The topological polar surface area (TPSA) is 84.1 Å². The summed E-state index contributed by atoms with van der Waals surface area (Å²) in [6.07, 6.45) is 1.65. The molecule has 0 aliphatic rings. The van der Waals surface area contributed by atoms with E-state index >= 15 is 0 Å². The third kappa shape index (κ3) is 3.35. The summed E-state index contributed by atoms with van der Waals surface area (Å²) in [5.41, 5.74) is 1.12. The van der Waals surface area contributed by atoms with E-state index in [1.54, 1.807) is 26.1 Å². The van der Waals surface area contributed by atoms with E-state index in [-0.39, 0.29) is 25.6 Å². The fourth-order valence-corrected chi connectivity index (χ4v) is 1.54. The van der Waals surface area contributed by atoms with Crippen molar-refractivity contribution in [3.63, 3.8) is 0 Å². The van der Waals surface area contributed by atoms with Crippen molar-refractivity contribution in [2.75, 3.05) is 13.2 Å². The Morgan fingerprint density at radius 1 is 1.56 bits per heavy atom. The first-order valence-corrected chi connectivity index (χ1v) is 5.56. The zero-order valence-corrected chi connectivity index (χ0v) is 10.4. The first-order chi connectivity index (χ1) is 8.60. The molecule has 0 aliphatic carbocycles. The SMILES string of the molecule is CCOC(=O)c1c(C)ccn1CC(=O)NCC#N. The standard InChI is InChI=1S/C12H15N3O3/c1-3-18-12(17)11-9(2)4-7-15(11)8-10(16)14-6-5-13/h4,7H,3,6,8H2,1-2H3,(H,14,16). The second-order valence-electron chi connectivity index (χ2n) is 3.63. The van der Waals surface area contributed by atoms with Crippen molar-refractivity contribution in [1.29, 1.82) is 5.26 Å². The van der Waals surface area contributed by atoms with Crippen LogP contribution in [0.4, 0.5) is 0 Å². The molecule has 1 N–H and O–H groups in total. The van der Waals surface area contributed by atoms with E-state index in [9.17, 15) is 9.59 Å². The van der Waals surface area contributed by atoms with Gasteiger partial charge in [0.15, 0.2) is 0 Å². The van der Waals surface area contributed by atoms with Crippen LogP contribution >= 0.6 is 0 Å². The van der Waals surface area contributed by atoms with Crippen LogP contribution in [0, 0.1) is 18.3 Å². The number of nitrogens with zero attached hydrogens (tertiary/aromatic N) is 2. The van der Waals surface area contributed by atoms with Gasteiger partial charge >= 0.3 is 5.97 Å². The van der Waals surface area contributed by atoms with Crippen molar-refractivity contribution < 1.29 is 14.3 Å². The number of rotatable bonds is 5. The first-order valence-electron chi connectivity index (χ1n) is 5.56. The molecule has 18 heavy (non-hydrogen) atoms. The number of esters is 1. The number of aryl methyl sites for hydroxylation is 1. The molecule has 0 unspecified atom stereocenters. The van der Waals surface area contributed by atoms with Crippen molar-refractivity contribution >= 4 is 11.9 Å². The maximum absolute atomic E-state index is 11.7. The Morgan fingerprint density at radius 2 is 2.28 bits per heavy atom. The van der Waals surface area contributed by atoms with Gasteiger partial charge in [-0.3, -0.25) is 4.79 Å². The van der Waals surface area contributed by atoms with Gasteiger partial charge < -0.3 is 14.6 Å². The number of carbonyl (C=O) groups excluding carboxylic acids is 2. The van der Waals surface area contributed by atoms with Gasteiger partial charge in [-0.1, -0.05) is 0 Å². The van der Waals surface area contributed by atoms with E-state index in [2.05, 4.69) is 5.32 Å². The first kappa shape index (κ1) is 13.8. The molecule has 0 atom stereocenters. The summed E-state index contributed by atoms with van der Waals surface area (Å²) in [5.74, 6) is -0.772. The van der Waals surface area contributed by atoms with E-state index in [4.69, 9.17) is 10.00 Å². The number of hydrogen-bond acceptors (Lipinski definition) is 4. The normalized spacial score (nSPS) is 9.61. The highest BCUT2D eigenvalue weighted by Crippen LogP contribution is 2.11. The Labute approximate surface area is 105 Å². The minimum absolute atomic E-state index is 0.0103. The summed E-state index contributed by atoms with van der Waals surface area (Å²) in [6.45, 7) is 3.72. The van der Waals surface area contributed by atoms with E-state index in [1.165, 1.54) is 4.57 Å². The molecule has 0 radical (unpaired) electrons. The molecule has 96 valence electrons. The lowest BCUT2D eigenvalue weighted by molar-refractivity contribution is -0.121. The number of nitrogens with one attached hydrogen (secondary N) is 1. The third-order valence-electron chi connectivity index (χ3n) is 2.31. The van der Waals surface area contributed by atoms with E-state index in [0.717, 1.165) is 5.56 Å². The average Bonchev–Trinajstić information content (AvgIpc) is 2.68. The Morgan fingerprint density at radius 3 is 2.89 bits per heavy atom. The predicted molar refractivity (Wildman–Crippen MR) is 63.7 cm³/mol. The molecule has 1 amide bonds. The third-order valence-corrected chi connectivity index (χ3v) is 2.31. The number of amides is 1. The molecule has 1 rings (SSSR count). The summed E-state index contributed by atoms with van der Waals surface area (Å²) in [7, 11) is 0. The lowest BCUT2D eigenvalue weighted by Crippen LogP contribution is -2.29. The summed E-state index contributed by atoms with van der Waals surface area (Å²) in [4.78, 5) is 23.2. The van der Waals surface area contributed by atoms with Gasteiger partial charge in [0.1, 0.15) is 18.8 Å². The number of carbonyl (C=O) groups is 2. The van der Waals surface area contributed by atoms with Crippen molar-refractivity contribution in [2.24, 2.45) is 0 Å². The number of aromatic nitrogens is 1. The maximum atomic E-state index is 11.7. The molecule has 0 spiro atoms. The molecule has 1 aromatic heterocycles. The zero-order valence-electron chi connectivity index (χ0n) is 10.4.